The van der Waals surface area contributed by atoms with Gasteiger partial charge in [0.25, 0.3) is 0 Å². The molecule has 1 amide bonds. The molecule has 210 valence electrons. The van der Waals surface area contributed by atoms with Crippen LogP contribution in [0, 0.1) is 23.0 Å². The lowest BCUT2D eigenvalue weighted by Crippen LogP contribution is -2.53. The van der Waals surface area contributed by atoms with Gasteiger partial charge in [-0.3, -0.25) is 0 Å². The molecule has 0 aliphatic carbocycles. The molecule has 0 saturated carbocycles. The Balaban J connectivity index is 1.56. The van der Waals surface area contributed by atoms with Crippen LogP contribution in [0.4, 0.5) is 13.6 Å². The van der Waals surface area contributed by atoms with Crippen LogP contribution in [-0.4, -0.2) is 38.6 Å². The second-order valence-electron chi connectivity index (χ2n) is 11.4. The van der Waals surface area contributed by atoms with Crippen LogP contribution < -0.4 is 4.74 Å². The SMILES string of the molecule is CC(C)(C)OC(=O)N1CCC[C@H]1[C@@]1(c2ccccc2)Cc2c(cc(F)c(Cl)c2-c2c(C#N)cn3ccnc3c2F)O1. The molecular formula is C31H27ClF2N4O3. The average Bonchev–Trinajstić information content (AvgIpc) is 3.68. The van der Waals surface area contributed by atoms with Gasteiger partial charge in [0.15, 0.2) is 17.1 Å². The summed E-state index contributed by atoms with van der Waals surface area (Å²) in [6.07, 6.45) is 5.37. The fourth-order valence-electron chi connectivity index (χ4n) is 6.06. The maximum atomic E-state index is 16.0. The number of aromatic nitrogens is 2. The van der Waals surface area contributed by atoms with Crippen LogP contribution in [0.2, 0.25) is 5.02 Å². The molecule has 4 aromatic rings. The Hall–Kier alpha value is -4.16. The Bertz CT molecular complexity index is 1730. The summed E-state index contributed by atoms with van der Waals surface area (Å²) >= 11 is 6.57. The van der Waals surface area contributed by atoms with Crippen LogP contribution in [0.3, 0.4) is 0 Å². The monoisotopic (exact) mass is 576 g/mol. The van der Waals surface area contributed by atoms with Gasteiger partial charge in [-0.05, 0) is 39.2 Å². The average molecular weight is 577 g/mol. The number of ether oxygens (including phenoxy) is 2. The van der Waals surface area contributed by atoms with Gasteiger partial charge in [0.1, 0.15) is 23.2 Å². The number of hydrogen-bond acceptors (Lipinski definition) is 5. The van der Waals surface area contributed by atoms with Crippen LogP contribution in [0.1, 0.15) is 50.3 Å². The number of carbonyl (C=O) groups excluding carboxylic acids is 1. The predicted octanol–water partition coefficient (Wildman–Crippen LogP) is 7.03. The highest BCUT2D eigenvalue weighted by molar-refractivity contribution is 6.34. The second kappa shape index (κ2) is 9.74. The third kappa shape index (κ3) is 4.38. The minimum Gasteiger partial charge on any atom is -0.480 e. The lowest BCUT2D eigenvalue weighted by molar-refractivity contribution is -0.0216. The highest BCUT2D eigenvalue weighted by Crippen LogP contribution is 2.53. The van der Waals surface area contributed by atoms with Crippen molar-refractivity contribution < 1.29 is 23.0 Å². The van der Waals surface area contributed by atoms with Gasteiger partial charge in [0, 0.05) is 54.3 Å². The Morgan fingerprint density at radius 3 is 2.71 bits per heavy atom. The van der Waals surface area contributed by atoms with E-state index in [0.29, 0.717) is 24.9 Å². The van der Waals surface area contributed by atoms with Crippen LogP contribution in [-0.2, 0) is 16.8 Å². The number of rotatable bonds is 3. The molecule has 41 heavy (non-hydrogen) atoms. The molecule has 2 aromatic heterocycles. The molecule has 1 fully saturated rings. The van der Waals surface area contributed by atoms with Crippen molar-refractivity contribution in [3.63, 3.8) is 0 Å². The summed E-state index contributed by atoms with van der Waals surface area (Å²) in [6, 6.07) is 12.1. The number of amides is 1. The lowest BCUT2D eigenvalue weighted by atomic mass is 9.80. The van der Waals surface area contributed by atoms with Crippen LogP contribution in [0.25, 0.3) is 16.8 Å². The van der Waals surface area contributed by atoms with Crippen molar-refractivity contribution in [2.45, 2.75) is 57.3 Å². The molecule has 0 radical (unpaired) electrons. The van der Waals surface area contributed by atoms with Crippen molar-refractivity contribution in [1.82, 2.24) is 14.3 Å². The Kier molecular flexibility index (Phi) is 6.42. The van der Waals surface area contributed by atoms with E-state index in [4.69, 9.17) is 21.1 Å². The number of likely N-dealkylation sites (tertiary alicyclic amines) is 1. The molecule has 10 heteroatoms. The number of pyridine rings is 1. The first-order chi connectivity index (χ1) is 19.5. The molecule has 0 bridgehead atoms. The highest BCUT2D eigenvalue weighted by atomic mass is 35.5. The van der Waals surface area contributed by atoms with Crippen LogP contribution in [0.15, 0.2) is 55.0 Å². The van der Waals surface area contributed by atoms with Crippen molar-refractivity contribution >= 4 is 23.3 Å². The van der Waals surface area contributed by atoms with Gasteiger partial charge in [-0.25, -0.2) is 18.6 Å². The van der Waals surface area contributed by atoms with Crippen molar-refractivity contribution in [2.75, 3.05) is 6.54 Å². The predicted molar refractivity (Wildman–Crippen MR) is 149 cm³/mol. The first-order valence-corrected chi connectivity index (χ1v) is 13.7. The van der Waals surface area contributed by atoms with Gasteiger partial charge in [-0.2, -0.15) is 5.26 Å². The number of nitriles is 1. The lowest BCUT2D eigenvalue weighted by Gasteiger charge is -2.40. The number of carbonyl (C=O) groups is 1. The molecule has 7 nitrogen and oxygen atoms in total. The molecule has 6 rings (SSSR count). The first kappa shape index (κ1) is 27.0. The van der Waals surface area contributed by atoms with E-state index in [0.717, 1.165) is 5.56 Å². The largest absolute Gasteiger partial charge is 0.480 e. The van der Waals surface area contributed by atoms with E-state index in [1.165, 1.54) is 29.1 Å². The topological polar surface area (TPSA) is 79.9 Å². The molecule has 2 aliphatic rings. The van der Waals surface area contributed by atoms with Gasteiger partial charge in [0.05, 0.1) is 16.6 Å². The van der Waals surface area contributed by atoms with E-state index in [-0.39, 0.29) is 39.5 Å². The van der Waals surface area contributed by atoms with Gasteiger partial charge >= 0.3 is 6.09 Å². The standard InChI is InChI=1S/C31H27ClF2N4O3/c1-30(2,3)41-29(39)38-12-7-10-23(38)31(19-8-5-4-6-9-19)15-20-22(40-31)14-21(33)26(32)25(20)24-18(16-35)17-37-13-11-36-28(37)27(24)34/h4-6,8-9,11,13-14,17,23H,7,10,12,15H2,1-3H3/t23-,31-/m0/s1. The summed E-state index contributed by atoms with van der Waals surface area (Å²) in [5.41, 5.74) is -0.792. The van der Waals surface area contributed by atoms with Crippen molar-refractivity contribution in [1.29, 1.82) is 5.26 Å². The van der Waals surface area contributed by atoms with E-state index in [9.17, 15) is 10.1 Å². The number of hydrogen-bond donors (Lipinski definition) is 0. The molecule has 4 heterocycles. The zero-order valence-electron chi connectivity index (χ0n) is 22.7. The zero-order chi connectivity index (χ0) is 29.1. The van der Waals surface area contributed by atoms with Crippen molar-refractivity contribution in [2.24, 2.45) is 0 Å². The maximum Gasteiger partial charge on any atom is 0.410 e. The summed E-state index contributed by atoms with van der Waals surface area (Å²) in [5, 5.41) is 9.65. The van der Waals surface area contributed by atoms with E-state index < -0.39 is 35.0 Å². The number of benzene rings is 2. The first-order valence-electron chi connectivity index (χ1n) is 13.3. The van der Waals surface area contributed by atoms with Gasteiger partial charge in [0.2, 0.25) is 0 Å². The quantitative estimate of drug-likeness (QED) is 0.261. The van der Waals surface area contributed by atoms with E-state index in [1.54, 1.807) is 25.7 Å². The van der Waals surface area contributed by atoms with Gasteiger partial charge in [-0.1, -0.05) is 41.9 Å². The van der Waals surface area contributed by atoms with Gasteiger partial charge in [-0.15, -0.1) is 0 Å². The third-order valence-electron chi connectivity index (χ3n) is 7.69. The molecule has 0 N–H and O–H groups in total. The molecule has 0 spiro atoms. The second-order valence-corrected chi connectivity index (χ2v) is 11.8. The molecule has 2 atom stereocenters. The summed E-state index contributed by atoms with van der Waals surface area (Å²) in [7, 11) is 0. The molecule has 2 aromatic carbocycles. The number of fused-ring (bicyclic) bond motifs is 2. The molecule has 0 unspecified atom stereocenters. The maximum absolute atomic E-state index is 16.0. The van der Waals surface area contributed by atoms with E-state index in [2.05, 4.69) is 4.98 Å². The van der Waals surface area contributed by atoms with E-state index in [1.807, 2.05) is 36.4 Å². The number of imidazole rings is 1. The Morgan fingerprint density at radius 2 is 2.00 bits per heavy atom. The summed E-state index contributed by atoms with van der Waals surface area (Å²) in [5.74, 6) is -1.43. The highest BCUT2D eigenvalue weighted by Gasteiger charge is 2.54. The molecule has 1 saturated heterocycles. The van der Waals surface area contributed by atoms with Crippen molar-refractivity contribution in [3.8, 4) is 22.9 Å². The van der Waals surface area contributed by atoms with Crippen LogP contribution >= 0.6 is 11.6 Å². The summed E-state index contributed by atoms with van der Waals surface area (Å²) in [6.45, 7) is 5.87. The summed E-state index contributed by atoms with van der Waals surface area (Å²) < 4.78 is 45.3. The minimum atomic E-state index is -1.15. The third-order valence-corrected chi connectivity index (χ3v) is 8.06. The normalized spacial score (nSPS) is 20.1. The zero-order valence-corrected chi connectivity index (χ0v) is 23.5. The van der Waals surface area contributed by atoms with Crippen LogP contribution in [0.5, 0.6) is 5.75 Å². The fourth-order valence-corrected chi connectivity index (χ4v) is 6.33. The van der Waals surface area contributed by atoms with Gasteiger partial charge < -0.3 is 18.8 Å². The summed E-state index contributed by atoms with van der Waals surface area (Å²) in [4.78, 5) is 19.1. The molecule has 2 aliphatic heterocycles. The van der Waals surface area contributed by atoms with E-state index >= 15 is 8.78 Å². The Labute approximate surface area is 240 Å². The number of halogens is 3. The fraction of sp³-hybridized carbons (Fsp3) is 0.323. The van der Waals surface area contributed by atoms with Crippen molar-refractivity contribution in [3.05, 3.63) is 88.3 Å². The number of nitrogens with zero attached hydrogens (tertiary/aromatic N) is 4. The molecular weight excluding hydrogens is 550 g/mol. The minimum absolute atomic E-state index is 0.0202. The Morgan fingerprint density at radius 1 is 1.24 bits per heavy atom. The smallest absolute Gasteiger partial charge is 0.410 e.